The summed E-state index contributed by atoms with van der Waals surface area (Å²) in [5.74, 6) is -5.00. The van der Waals surface area contributed by atoms with Gasteiger partial charge in [0.05, 0.1) is 24.2 Å². The van der Waals surface area contributed by atoms with Gasteiger partial charge in [-0.25, -0.2) is 12.7 Å². The topological polar surface area (TPSA) is 121 Å². The van der Waals surface area contributed by atoms with Gasteiger partial charge in [-0.15, -0.1) is 0 Å². The third kappa shape index (κ3) is 4.15. The molecule has 0 aromatic rings. The molecular weight excluding hydrogens is 290 g/mol. The van der Waals surface area contributed by atoms with E-state index in [9.17, 15) is 18.0 Å². The molecule has 1 fully saturated rings. The third-order valence-corrected chi connectivity index (χ3v) is 5.09. The molecule has 0 spiro atoms. The molecule has 0 aromatic heterocycles. The lowest BCUT2D eigenvalue weighted by atomic mass is 9.86. The van der Waals surface area contributed by atoms with Gasteiger partial charge in [-0.1, -0.05) is 0 Å². The standard InChI is InChI=1S/C11H19NO7S/c1-2-19-5-6-20(17,18)12-4-3-8(10(13)14)9(7-12)11(15)16/h8-9H,2-7H2,1H3,(H,13,14)(H,15,16). The molecule has 0 aliphatic carbocycles. The molecule has 1 heterocycles. The Morgan fingerprint density at radius 2 is 1.85 bits per heavy atom. The van der Waals surface area contributed by atoms with Crippen LogP contribution in [0.3, 0.4) is 0 Å². The van der Waals surface area contributed by atoms with E-state index in [1.165, 1.54) is 0 Å². The van der Waals surface area contributed by atoms with Gasteiger partial charge in [0.1, 0.15) is 0 Å². The van der Waals surface area contributed by atoms with E-state index in [-0.39, 0.29) is 31.9 Å². The molecule has 1 aliphatic rings. The first kappa shape index (κ1) is 16.9. The summed E-state index contributed by atoms with van der Waals surface area (Å²) in [4.78, 5) is 22.1. The van der Waals surface area contributed by atoms with Crippen molar-refractivity contribution >= 4 is 22.0 Å². The molecule has 2 N–H and O–H groups in total. The summed E-state index contributed by atoms with van der Waals surface area (Å²) in [6, 6.07) is 0. The molecule has 1 saturated heterocycles. The zero-order valence-corrected chi connectivity index (χ0v) is 12.0. The molecule has 2 unspecified atom stereocenters. The molecule has 1 rings (SSSR count). The van der Waals surface area contributed by atoms with Gasteiger partial charge in [-0.2, -0.15) is 0 Å². The number of carboxylic acid groups (broad SMARTS) is 2. The predicted molar refractivity (Wildman–Crippen MR) is 68.7 cm³/mol. The van der Waals surface area contributed by atoms with Gasteiger partial charge >= 0.3 is 11.9 Å². The van der Waals surface area contributed by atoms with Crippen LogP contribution < -0.4 is 0 Å². The van der Waals surface area contributed by atoms with Crippen LogP contribution in [0.25, 0.3) is 0 Å². The fourth-order valence-electron chi connectivity index (χ4n) is 2.16. The van der Waals surface area contributed by atoms with Crippen molar-refractivity contribution in [2.45, 2.75) is 13.3 Å². The monoisotopic (exact) mass is 309 g/mol. The van der Waals surface area contributed by atoms with Crippen LogP contribution in [-0.4, -0.2) is 66.9 Å². The summed E-state index contributed by atoms with van der Waals surface area (Å²) in [5, 5.41) is 18.0. The minimum absolute atomic E-state index is 0.000164. The van der Waals surface area contributed by atoms with Gasteiger partial charge in [0, 0.05) is 19.7 Å². The number of piperidine rings is 1. The van der Waals surface area contributed by atoms with E-state index in [0.717, 1.165) is 4.31 Å². The van der Waals surface area contributed by atoms with Crippen LogP contribution in [0.1, 0.15) is 13.3 Å². The molecule has 8 nitrogen and oxygen atoms in total. The SMILES string of the molecule is CCOCCS(=O)(=O)N1CCC(C(=O)O)C(C(=O)O)C1. The second-order valence-electron chi connectivity index (χ2n) is 4.55. The van der Waals surface area contributed by atoms with Gasteiger partial charge in [0.15, 0.2) is 0 Å². The Bertz CT molecular complexity index is 461. The highest BCUT2D eigenvalue weighted by atomic mass is 32.2. The summed E-state index contributed by atoms with van der Waals surface area (Å²) >= 11 is 0. The maximum atomic E-state index is 12.0. The number of rotatable bonds is 7. The zero-order chi connectivity index (χ0) is 15.3. The van der Waals surface area contributed by atoms with Gasteiger partial charge < -0.3 is 14.9 Å². The average molecular weight is 309 g/mol. The van der Waals surface area contributed by atoms with Crippen molar-refractivity contribution in [3.05, 3.63) is 0 Å². The number of carbonyl (C=O) groups is 2. The molecule has 20 heavy (non-hydrogen) atoms. The second kappa shape index (κ2) is 7.00. The highest BCUT2D eigenvalue weighted by Crippen LogP contribution is 2.26. The molecule has 0 amide bonds. The van der Waals surface area contributed by atoms with Gasteiger partial charge in [-0.05, 0) is 13.3 Å². The first-order valence-electron chi connectivity index (χ1n) is 6.30. The Balaban J connectivity index is 2.75. The van der Waals surface area contributed by atoms with Crippen LogP contribution in [-0.2, 0) is 24.3 Å². The van der Waals surface area contributed by atoms with Crippen molar-refractivity contribution < 1.29 is 33.0 Å². The van der Waals surface area contributed by atoms with Gasteiger partial charge in [-0.3, -0.25) is 9.59 Å². The van der Waals surface area contributed by atoms with E-state index in [2.05, 4.69) is 0 Å². The number of sulfonamides is 1. The fraction of sp³-hybridized carbons (Fsp3) is 0.818. The van der Waals surface area contributed by atoms with Crippen molar-refractivity contribution in [3.8, 4) is 0 Å². The third-order valence-electron chi connectivity index (χ3n) is 3.29. The molecule has 0 saturated carbocycles. The van der Waals surface area contributed by atoms with E-state index in [4.69, 9.17) is 14.9 Å². The molecule has 0 aromatic carbocycles. The average Bonchev–Trinajstić information content (AvgIpc) is 2.38. The van der Waals surface area contributed by atoms with Gasteiger partial charge in [0.2, 0.25) is 10.0 Å². The van der Waals surface area contributed by atoms with Crippen molar-refractivity contribution in [2.75, 3.05) is 32.1 Å². The normalized spacial score (nSPS) is 24.4. The number of carboxylic acids is 2. The van der Waals surface area contributed by atoms with E-state index < -0.39 is 33.8 Å². The van der Waals surface area contributed by atoms with Crippen LogP contribution in [0.4, 0.5) is 0 Å². The van der Waals surface area contributed by atoms with Crippen molar-refractivity contribution in [2.24, 2.45) is 11.8 Å². The summed E-state index contributed by atoms with van der Waals surface area (Å²) in [5.41, 5.74) is 0. The fourth-order valence-corrected chi connectivity index (χ4v) is 3.52. The van der Waals surface area contributed by atoms with Gasteiger partial charge in [0.25, 0.3) is 0 Å². The lowest BCUT2D eigenvalue weighted by molar-refractivity contribution is -0.156. The number of ether oxygens (including phenoxy) is 1. The van der Waals surface area contributed by atoms with Crippen LogP contribution in [0.5, 0.6) is 0 Å². The van der Waals surface area contributed by atoms with E-state index in [1.54, 1.807) is 6.92 Å². The highest BCUT2D eigenvalue weighted by molar-refractivity contribution is 7.89. The van der Waals surface area contributed by atoms with Crippen LogP contribution in [0, 0.1) is 11.8 Å². The number of hydrogen-bond acceptors (Lipinski definition) is 5. The van der Waals surface area contributed by atoms with Crippen molar-refractivity contribution in [1.29, 1.82) is 0 Å². The van der Waals surface area contributed by atoms with Crippen LogP contribution in [0.15, 0.2) is 0 Å². The maximum absolute atomic E-state index is 12.0. The lowest BCUT2D eigenvalue weighted by Gasteiger charge is -2.33. The Morgan fingerprint density at radius 3 is 2.35 bits per heavy atom. The Labute approximate surface area is 117 Å². The minimum Gasteiger partial charge on any atom is -0.481 e. The summed E-state index contributed by atoms with van der Waals surface area (Å²) in [6.45, 7) is 1.89. The van der Waals surface area contributed by atoms with E-state index in [0.29, 0.717) is 6.61 Å². The summed E-state index contributed by atoms with van der Waals surface area (Å²) in [6.07, 6.45) is 0.000164. The Hall–Kier alpha value is -1.19. The second-order valence-corrected chi connectivity index (χ2v) is 6.64. The maximum Gasteiger partial charge on any atom is 0.308 e. The Kier molecular flexibility index (Phi) is 5.90. The molecular formula is C11H19NO7S. The smallest absolute Gasteiger partial charge is 0.308 e. The molecule has 0 bridgehead atoms. The minimum atomic E-state index is -3.62. The first-order chi connectivity index (χ1) is 9.29. The number of aliphatic carboxylic acids is 2. The highest BCUT2D eigenvalue weighted by Gasteiger charge is 2.41. The van der Waals surface area contributed by atoms with Crippen LogP contribution in [0.2, 0.25) is 0 Å². The number of hydrogen-bond donors (Lipinski definition) is 2. The van der Waals surface area contributed by atoms with Crippen molar-refractivity contribution in [3.63, 3.8) is 0 Å². The van der Waals surface area contributed by atoms with E-state index >= 15 is 0 Å². The number of nitrogens with zero attached hydrogens (tertiary/aromatic N) is 1. The van der Waals surface area contributed by atoms with Crippen molar-refractivity contribution in [1.82, 2.24) is 4.31 Å². The molecule has 9 heteroatoms. The summed E-state index contributed by atoms with van der Waals surface area (Å²) in [7, 11) is -3.62. The molecule has 2 atom stereocenters. The predicted octanol–water partition coefficient (Wildman–Crippen LogP) is -0.540. The van der Waals surface area contributed by atoms with Crippen LogP contribution >= 0.6 is 0 Å². The lowest BCUT2D eigenvalue weighted by Crippen LogP contribution is -2.49. The molecule has 116 valence electrons. The molecule has 0 radical (unpaired) electrons. The van der Waals surface area contributed by atoms with E-state index in [1.807, 2.05) is 0 Å². The quantitative estimate of drug-likeness (QED) is 0.606. The largest absolute Gasteiger partial charge is 0.481 e. The first-order valence-corrected chi connectivity index (χ1v) is 7.91. The zero-order valence-electron chi connectivity index (χ0n) is 11.2. The Morgan fingerprint density at radius 1 is 1.25 bits per heavy atom. The summed E-state index contributed by atoms with van der Waals surface area (Å²) < 4.78 is 30.0. The molecule has 1 aliphatic heterocycles.